The number of likely N-dealkylation sites (tertiary alicyclic amines) is 1. The van der Waals surface area contributed by atoms with Gasteiger partial charge in [0.25, 0.3) is 0 Å². The molecule has 1 fully saturated rings. The van der Waals surface area contributed by atoms with Gasteiger partial charge in [0.2, 0.25) is 0 Å². The van der Waals surface area contributed by atoms with Crippen LogP contribution in [0.1, 0.15) is 33.6 Å². The second kappa shape index (κ2) is 6.47. The van der Waals surface area contributed by atoms with Crippen LogP contribution in [0.3, 0.4) is 0 Å². The Kier molecular flexibility index (Phi) is 4.88. The molecule has 2 heterocycles. The van der Waals surface area contributed by atoms with Crippen LogP contribution in [0, 0.1) is 0 Å². The summed E-state index contributed by atoms with van der Waals surface area (Å²) in [6, 6.07) is 0.306. The summed E-state index contributed by atoms with van der Waals surface area (Å²) in [5.41, 5.74) is -0.221. The van der Waals surface area contributed by atoms with E-state index in [2.05, 4.69) is 15.3 Å². The van der Waals surface area contributed by atoms with E-state index >= 15 is 0 Å². The third kappa shape index (κ3) is 5.04. The van der Waals surface area contributed by atoms with E-state index in [1.54, 1.807) is 0 Å². The minimum atomic E-state index is -0.221. The molecule has 116 valence electrons. The van der Waals surface area contributed by atoms with Crippen molar-refractivity contribution in [3.63, 3.8) is 0 Å². The van der Waals surface area contributed by atoms with Crippen LogP contribution < -0.4 is 10.1 Å². The average molecular weight is 313 g/mol. The highest BCUT2D eigenvalue weighted by Crippen LogP contribution is 2.17. The summed E-state index contributed by atoms with van der Waals surface area (Å²) in [4.78, 5) is 21.9. The first-order valence-electron chi connectivity index (χ1n) is 7.05. The molecule has 6 nitrogen and oxygen atoms in total. The zero-order valence-corrected chi connectivity index (χ0v) is 13.4. The Hall–Kier alpha value is -1.56. The number of piperidine rings is 1. The maximum Gasteiger partial charge on any atom is 0.317 e. The van der Waals surface area contributed by atoms with E-state index in [1.807, 2.05) is 25.7 Å². The highest BCUT2D eigenvalue weighted by molar-refractivity contribution is 6.30. The first kappa shape index (κ1) is 15.8. The smallest absolute Gasteiger partial charge is 0.317 e. The van der Waals surface area contributed by atoms with E-state index in [-0.39, 0.29) is 17.7 Å². The Morgan fingerprint density at radius 1 is 1.33 bits per heavy atom. The summed E-state index contributed by atoms with van der Waals surface area (Å²) < 4.78 is 5.70. The highest BCUT2D eigenvalue weighted by Gasteiger charge is 2.26. The largest absolute Gasteiger partial charge is 0.460 e. The van der Waals surface area contributed by atoms with Crippen LogP contribution >= 0.6 is 11.6 Å². The SMILES string of the molecule is CC(C)(C)NC(=O)N1CCC(Oc2ncc(Cl)cn2)CC1. The number of nitrogens with one attached hydrogen (secondary N) is 1. The molecule has 0 radical (unpaired) electrons. The van der Waals surface area contributed by atoms with Crippen molar-refractivity contribution in [3.8, 4) is 6.01 Å². The maximum absolute atomic E-state index is 12.1. The number of urea groups is 1. The molecule has 1 saturated heterocycles. The number of rotatable bonds is 2. The van der Waals surface area contributed by atoms with E-state index in [1.165, 1.54) is 12.4 Å². The van der Waals surface area contributed by atoms with Gasteiger partial charge in [0.1, 0.15) is 6.10 Å². The van der Waals surface area contributed by atoms with Crippen LogP contribution in [0.4, 0.5) is 4.79 Å². The zero-order valence-electron chi connectivity index (χ0n) is 12.6. The Balaban J connectivity index is 1.80. The number of aromatic nitrogens is 2. The van der Waals surface area contributed by atoms with Gasteiger partial charge in [-0.15, -0.1) is 0 Å². The summed E-state index contributed by atoms with van der Waals surface area (Å²) in [7, 11) is 0. The van der Waals surface area contributed by atoms with Crippen LogP contribution in [0.25, 0.3) is 0 Å². The Morgan fingerprint density at radius 3 is 2.43 bits per heavy atom. The van der Waals surface area contributed by atoms with E-state index in [0.717, 1.165) is 12.8 Å². The monoisotopic (exact) mass is 312 g/mol. The Morgan fingerprint density at radius 2 is 1.90 bits per heavy atom. The summed E-state index contributed by atoms with van der Waals surface area (Å²) in [5.74, 6) is 0. The first-order valence-corrected chi connectivity index (χ1v) is 7.42. The first-order chi connectivity index (χ1) is 9.83. The average Bonchev–Trinajstić information content (AvgIpc) is 2.40. The summed E-state index contributed by atoms with van der Waals surface area (Å²) >= 11 is 5.73. The lowest BCUT2D eigenvalue weighted by molar-refractivity contribution is 0.101. The van der Waals surface area contributed by atoms with Crippen LogP contribution in [0.15, 0.2) is 12.4 Å². The fourth-order valence-electron chi connectivity index (χ4n) is 2.09. The highest BCUT2D eigenvalue weighted by atomic mass is 35.5. The van der Waals surface area contributed by atoms with Gasteiger partial charge in [-0.25, -0.2) is 14.8 Å². The molecule has 1 aromatic heterocycles. The van der Waals surface area contributed by atoms with Gasteiger partial charge >= 0.3 is 12.0 Å². The molecule has 21 heavy (non-hydrogen) atoms. The standard InChI is InChI=1S/C14H21ClN4O2/c1-14(2,3)18-13(20)19-6-4-11(5-7-19)21-12-16-8-10(15)9-17-12/h8-9,11H,4-7H2,1-3H3,(H,18,20). The number of carbonyl (C=O) groups excluding carboxylic acids is 1. The topological polar surface area (TPSA) is 67.4 Å². The molecule has 2 amide bonds. The number of hydrogen-bond acceptors (Lipinski definition) is 4. The molecule has 0 unspecified atom stereocenters. The third-order valence-electron chi connectivity index (χ3n) is 3.08. The van der Waals surface area contributed by atoms with E-state index in [0.29, 0.717) is 24.1 Å². The summed E-state index contributed by atoms with van der Waals surface area (Å²) in [5, 5.41) is 3.45. The van der Waals surface area contributed by atoms with Crippen molar-refractivity contribution in [1.29, 1.82) is 0 Å². The molecule has 7 heteroatoms. The molecule has 1 N–H and O–H groups in total. The second-order valence-corrected chi connectivity index (χ2v) is 6.60. The minimum absolute atomic E-state index is 0.0244. The van der Waals surface area contributed by atoms with Gasteiger partial charge in [-0.1, -0.05) is 11.6 Å². The molecule has 0 atom stereocenters. The van der Waals surface area contributed by atoms with Crippen molar-refractivity contribution in [2.45, 2.75) is 45.3 Å². The van der Waals surface area contributed by atoms with Gasteiger partial charge in [0, 0.05) is 31.5 Å². The normalized spacial score (nSPS) is 16.7. The number of amides is 2. The number of halogens is 1. The Labute approximate surface area is 129 Å². The van der Waals surface area contributed by atoms with Crippen LogP contribution in [0.5, 0.6) is 6.01 Å². The predicted molar refractivity (Wildman–Crippen MR) is 80.5 cm³/mol. The second-order valence-electron chi connectivity index (χ2n) is 6.17. The third-order valence-corrected chi connectivity index (χ3v) is 3.28. The molecule has 0 aromatic carbocycles. The van der Waals surface area contributed by atoms with Crippen molar-refractivity contribution >= 4 is 17.6 Å². The quantitative estimate of drug-likeness (QED) is 0.911. The molecule has 0 spiro atoms. The van der Waals surface area contributed by atoms with Gasteiger partial charge < -0.3 is 15.0 Å². The van der Waals surface area contributed by atoms with Crippen LogP contribution in [0.2, 0.25) is 5.02 Å². The lowest BCUT2D eigenvalue weighted by Gasteiger charge is -2.33. The number of hydrogen-bond donors (Lipinski definition) is 1. The van der Waals surface area contributed by atoms with Gasteiger partial charge in [-0.2, -0.15) is 0 Å². The van der Waals surface area contributed by atoms with E-state index in [4.69, 9.17) is 16.3 Å². The van der Waals surface area contributed by atoms with Gasteiger partial charge in [0.05, 0.1) is 17.4 Å². The minimum Gasteiger partial charge on any atom is -0.460 e. The molecule has 1 aliphatic heterocycles. The molecule has 0 bridgehead atoms. The number of carbonyl (C=O) groups is 1. The van der Waals surface area contributed by atoms with E-state index in [9.17, 15) is 4.79 Å². The zero-order chi connectivity index (χ0) is 15.5. The van der Waals surface area contributed by atoms with Crippen LogP contribution in [-0.4, -0.2) is 45.6 Å². The van der Waals surface area contributed by atoms with E-state index < -0.39 is 0 Å². The molecule has 0 aliphatic carbocycles. The van der Waals surface area contributed by atoms with Crippen molar-refractivity contribution in [2.75, 3.05) is 13.1 Å². The van der Waals surface area contributed by atoms with Gasteiger partial charge in [0.15, 0.2) is 0 Å². The van der Waals surface area contributed by atoms with Gasteiger partial charge in [-0.05, 0) is 20.8 Å². The number of nitrogens with zero attached hydrogens (tertiary/aromatic N) is 3. The predicted octanol–water partition coefficient (Wildman–Crippen LogP) is 2.48. The Bertz CT molecular complexity index is 479. The summed E-state index contributed by atoms with van der Waals surface area (Å²) in [6.45, 7) is 7.25. The molecule has 0 saturated carbocycles. The van der Waals surface area contributed by atoms with Crippen molar-refractivity contribution in [2.24, 2.45) is 0 Å². The van der Waals surface area contributed by atoms with Crippen molar-refractivity contribution in [1.82, 2.24) is 20.2 Å². The summed E-state index contributed by atoms with van der Waals surface area (Å²) in [6.07, 6.45) is 4.59. The molecular formula is C14H21ClN4O2. The van der Waals surface area contributed by atoms with Gasteiger partial charge in [-0.3, -0.25) is 0 Å². The number of ether oxygens (including phenoxy) is 1. The molecular weight excluding hydrogens is 292 g/mol. The maximum atomic E-state index is 12.1. The van der Waals surface area contributed by atoms with Crippen molar-refractivity contribution in [3.05, 3.63) is 17.4 Å². The fraction of sp³-hybridized carbons (Fsp3) is 0.643. The lowest BCUT2D eigenvalue weighted by Crippen LogP contribution is -2.51. The van der Waals surface area contributed by atoms with Crippen molar-refractivity contribution < 1.29 is 9.53 Å². The molecule has 2 rings (SSSR count). The molecule has 1 aliphatic rings. The lowest BCUT2D eigenvalue weighted by atomic mass is 10.1. The van der Waals surface area contributed by atoms with Crippen LogP contribution in [-0.2, 0) is 0 Å². The fourth-order valence-corrected chi connectivity index (χ4v) is 2.18. The molecule has 1 aromatic rings.